The van der Waals surface area contributed by atoms with Crippen LogP contribution in [0.3, 0.4) is 0 Å². The third-order valence-electron chi connectivity index (χ3n) is 1.02. The summed E-state index contributed by atoms with van der Waals surface area (Å²) in [6.07, 6.45) is 2.91. The monoisotopic (exact) mass is 168 g/mol. The van der Waals surface area contributed by atoms with Crippen LogP contribution in [0.15, 0.2) is 12.2 Å². The van der Waals surface area contributed by atoms with Crippen molar-refractivity contribution in [1.82, 2.24) is 0 Å². The smallest absolute Gasteiger partial charge is 0.330 e. The fourth-order valence-corrected chi connectivity index (χ4v) is 0.463. The molecular weight excluding hydrogens is 156 g/mol. The molecule has 0 aromatic rings. The van der Waals surface area contributed by atoms with E-state index in [9.17, 15) is 4.79 Å². The molecule has 0 amide bonds. The van der Waals surface area contributed by atoms with Crippen LogP contribution in [-0.2, 0) is 14.3 Å². The molecule has 12 heavy (non-hydrogen) atoms. The predicted molar refractivity (Wildman–Crippen MR) is 45.4 cm³/mol. The second-order valence-corrected chi connectivity index (χ2v) is 1.87. The van der Waals surface area contributed by atoms with Crippen molar-refractivity contribution in [3.63, 3.8) is 0 Å². The Labute approximate surface area is 72.4 Å². The minimum absolute atomic E-state index is 0.375. The zero-order valence-electron chi connectivity index (χ0n) is 7.29. The number of hydrogen-bond donors (Lipinski definition) is 0. The van der Waals surface area contributed by atoms with E-state index < -0.39 is 0 Å². The Hall–Kier alpha value is -1.27. The Balaban J connectivity index is 3.34. The minimum Gasteiger partial charge on any atom is -0.466 e. The first-order valence-corrected chi connectivity index (χ1v) is 3.53. The third-order valence-corrected chi connectivity index (χ3v) is 1.02. The summed E-state index contributed by atoms with van der Waals surface area (Å²) >= 11 is 0. The van der Waals surface area contributed by atoms with Gasteiger partial charge in [0.2, 0.25) is 0 Å². The number of rotatable bonds is 4. The third kappa shape index (κ3) is 6.84. The lowest BCUT2D eigenvalue weighted by Gasteiger charge is -1.92. The maximum absolute atomic E-state index is 10.5. The van der Waals surface area contributed by atoms with Gasteiger partial charge in [-0.1, -0.05) is 12.0 Å². The SMILES string of the molecule is CC#CCOC/C=C/C(=O)OC. The summed E-state index contributed by atoms with van der Waals surface area (Å²) < 4.78 is 9.37. The summed E-state index contributed by atoms with van der Waals surface area (Å²) in [5.74, 6) is 5.04. The molecule has 0 bridgehead atoms. The quantitative estimate of drug-likeness (QED) is 0.269. The van der Waals surface area contributed by atoms with Crippen molar-refractivity contribution in [2.24, 2.45) is 0 Å². The largest absolute Gasteiger partial charge is 0.466 e. The van der Waals surface area contributed by atoms with E-state index in [0.717, 1.165) is 0 Å². The van der Waals surface area contributed by atoms with Gasteiger partial charge in [0.25, 0.3) is 0 Å². The van der Waals surface area contributed by atoms with Crippen molar-refractivity contribution >= 4 is 5.97 Å². The van der Waals surface area contributed by atoms with Crippen LogP contribution in [0.4, 0.5) is 0 Å². The average Bonchev–Trinajstić information content (AvgIpc) is 2.10. The maximum atomic E-state index is 10.5. The van der Waals surface area contributed by atoms with Gasteiger partial charge in [-0.3, -0.25) is 0 Å². The topological polar surface area (TPSA) is 35.5 Å². The number of carbonyl (C=O) groups excluding carboxylic acids is 1. The number of methoxy groups -OCH3 is 1. The van der Waals surface area contributed by atoms with E-state index in [4.69, 9.17) is 4.74 Å². The normalized spacial score (nSPS) is 9.17. The molecule has 0 aliphatic rings. The molecule has 0 radical (unpaired) electrons. The zero-order valence-corrected chi connectivity index (χ0v) is 7.29. The minimum atomic E-state index is -0.375. The van der Waals surface area contributed by atoms with Crippen molar-refractivity contribution in [2.45, 2.75) is 6.92 Å². The first-order chi connectivity index (χ1) is 5.81. The lowest BCUT2D eigenvalue weighted by Crippen LogP contribution is -1.96. The molecule has 0 unspecified atom stereocenters. The van der Waals surface area contributed by atoms with Gasteiger partial charge in [-0.2, -0.15) is 0 Å². The van der Waals surface area contributed by atoms with Crippen LogP contribution in [0.5, 0.6) is 0 Å². The molecule has 0 atom stereocenters. The highest BCUT2D eigenvalue weighted by atomic mass is 16.5. The number of hydrogen-bond acceptors (Lipinski definition) is 3. The lowest BCUT2D eigenvalue weighted by molar-refractivity contribution is -0.134. The molecular formula is C9H12O3. The van der Waals surface area contributed by atoms with Crippen LogP contribution in [0, 0.1) is 11.8 Å². The summed E-state index contributed by atoms with van der Waals surface area (Å²) in [6, 6.07) is 0. The van der Waals surface area contributed by atoms with Gasteiger partial charge in [-0.15, -0.1) is 5.92 Å². The first kappa shape index (κ1) is 10.7. The first-order valence-electron chi connectivity index (χ1n) is 3.53. The van der Waals surface area contributed by atoms with Crippen molar-refractivity contribution in [3.05, 3.63) is 12.2 Å². The zero-order chi connectivity index (χ0) is 9.23. The van der Waals surface area contributed by atoms with Crippen molar-refractivity contribution < 1.29 is 14.3 Å². The summed E-state index contributed by atoms with van der Waals surface area (Å²) in [6.45, 7) is 2.51. The van der Waals surface area contributed by atoms with Crippen LogP contribution in [0.1, 0.15) is 6.92 Å². The van der Waals surface area contributed by atoms with Crippen LogP contribution in [-0.4, -0.2) is 26.3 Å². The Morgan fingerprint density at radius 1 is 1.58 bits per heavy atom. The number of ether oxygens (including phenoxy) is 2. The molecule has 0 aromatic carbocycles. The van der Waals surface area contributed by atoms with Gasteiger partial charge in [-0.05, 0) is 6.92 Å². The summed E-state index contributed by atoms with van der Waals surface area (Å²) in [5.41, 5.74) is 0. The van der Waals surface area contributed by atoms with Gasteiger partial charge in [-0.25, -0.2) is 4.79 Å². The highest BCUT2D eigenvalue weighted by Crippen LogP contribution is 1.80. The molecule has 0 fully saturated rings. The maximum Gasteiger partial charge on any atom is 0.330 e. The highest BCUT2D eigenvalue weighted by molar-refractivity contribution is 5.81. The predicted octanol–water partition coefficient (Wildman–Crippen LogP) is 0.755. The molecule has 0 aromatic heterocycles. The van der Waals surface area contributed by atoms with Gasteiger partial charge in [0.15, 0.2) is 0 Å². The van der Waals surface area contributed by atoms with E-state index in [1.807, 2.05) is 0 Å². The van der Waals surface area contributed by atoms with Crippen LogP contribution < -0.4 is 0 Å². The second kappa shape index (κ2) is 7.83. The van der Waals surface area contributed by atoms with Crippen LogP contribution in [0.25, 0.3) is 0 Å². The Morgan fingerprint density at radius 3 is 2.92 bits per heavy atom. The second-order valence-electron chi connectivity index (χ2n) is 1.87. The van der Waals surface area contributed by atoms with E-state index in [1.165, 1.54) is 13.2 Å². The summed E-state index contributed by atoms with van der Waals surface area (Å²) in [4.78, 5) is 10.5. The molecule has 0 spiro atoms. The molecule has 0 heterocycles. The molecule has 3 nitrogen and oxygen atoms in total. The van der Waals surface area contributed by atoms with E-state index >= 15 is 0 Å². The van der Waals surface area contributed by atoms with Gasteiger partial charge in [0.1, 0.15) is 6.61 Å². The van der Waals surface area contributed by atoms with Crippen molar-refractivity contribution in [2.75, 3.05) is 20.3 Å². The standard InChI is InChI=1S/C9H12O3/c1-3-4-7-12-8-5-6-9(10)11-2/h5-6H,7-8H2,1-2H3/b6-5+. The number of carbonyl (C=O) groups is 1. The Morgan fingerprint density at radius 2 is 2.33 bits per heavy atom. The van der Waals surface area contributed by atoms with Gasteiger partial charge < -0.3 is 9.47 Å². The van der Waals surface area contributed by atoms with Crippen molar-refractivity contribution in [1.29, 1.82) is 0 Å². The van der Waals surface area contributed by atoms with Crippen LogP contribution >= 0.6 is 0 Å². The molecule has 0 saturated heterocycles. The number of esters is 1. The molecule has 0 aliphatic carbocycles. The molecule has 0 saturated carbocycles. The molecule has 0 aliphatic heterocycles. The van der Waals surface area contributed by atoms with Crippen molar-refractivity contribution in [3.8, 4) is 11.8 Å². The summed E-state index contributed by atoms with van der Waals surface area (Å²) in [7, 11) is 1.33. The van der Waals surface area contributed by atoms with E-state index in [-0.39, 0.29) is 5.97 Å². The van der Waals surface area contributed by atoms with E-state index in [1.54, 1.807) is 13.0 Å². The van der Waals surface area contributed by atoms with Gasteiger partial charge in [0, 0.05) is 6.08 Å². The fraction of sp³-hybridized carbons (Fsp3) is 0.444. The summed E-state index contributed by atoms with van der Waals surface area (Å²) in [5, 5.41) is 0. The highest BCUT2D eigenvalue weighted by Gasteiger charge is 1.88. The van der Waals surface area contributed by atoms with E-state index in [2.05, 4.69) is 16.6 Å². The van der Waals surface area contributed by atoms with Crippen LogP contribution in [0.2, 0.25) is 0 Å². The molecule has 0 rings (SSSR count). The molecule has 66 valence electrons. The Bertz CT molecular complexity index is 208. The lowest BCUT2D eigenvalue weighted by atomic mass is 10.5. The Kier molecular flexibility index (Phi) is 7.00. The molecule has 0 N–H and O–H groups in total. The average molecular weight is 168 g/mol. The van der Waals surface area contributed by atoms with Gasteiger partial charge >= 0.3 is 5.97 Å². The fourth-order valence-electron chi connectivity index (χ4n) is 0.463. The van der Waals surface area contributed by atoms with E-state index in [0.29, 0.717) is 13.2 Å². The molecule has 3 heteroatoms. The van der Waals surface area contributed by atoms with Gasteiger partial charge in [0.05, 0.1) is 13.7 Å².